The molecule has 0 spiro atoms. The van der Waals surface area contributed by atoms with Gasteiger partial charge in [-0.2, -0.15) is 0 Å². The Morgan fingerprint density at radius 2 is 1.79 bits per heavy atom. The predicted molar refractivity (Wildman–Crippen MR) is 95.6 cm³/mol. The molecule has 0 unspecified atom stereocenters. The molecule has 2 aromatic rings. The van der Waals surface area contributed by atoms with Crippen LogP contribution in [-0.4, -0.2) is 33.9 Å². The van der Waals surface area contributed by atoms with Crippen molar-refractivity contribution >= 4 is 17.4 Å². The van der Waals surface area contributed by atoms with Gasteiger partial charge in [0.05, 0.1) is 0 Å². The van der Waals surface area contributed by atoms with Crippen LogP contribution in [0, 0.1) is 13.8 Å². The van der Waals surface area contributed by atoms with Gasteiger partial charge in [-0.05, 0) is 44.4 Å². The van der Waals surface area contributed by atoms with E-state index in [1.165, 1.54) is 18.4 Å². The topological polar surface area (TPSA) is 58.1 Å². The molecule has 1 aliphatic heterocycles. The number of aryl methyl sites for hydroxylation is 2. The minimum atomic E-state index is 0.00897. The van der Waals surface area contributed by atoms with E-state index < -0.39 is 0 Å². The number of rotatable bonds is 3. The lowest BCUT2D eigenvalue weighted by Gasteiger charge is -2.20. The van der Waals surface area contributed by atoms with Gasteiger partial charge >= 0.3 is 0 Å². The number of nitrogens with zero attached hydrogens (tertiary/aromatic N) is 3. The maximum absolute atomic E-state index is 12.8. The number of aromatic nitrogens is 2. The summed E-state index contributed by atoms with van der Waals surface area (Å²) in [6.45, 7) is 5.51. The standard InChI is InChI=1S/C19H24N4O/c1-14-8-7-9-16(12-14)22-18-13-17(20-15(2)21-18)19(24)23-10-5-3-4-6-11-23/h7-9,12-13H,3-6,10-11H2,1-2H3,(H,20,21,22). The van der Waals surface area contributed by atoms with E-state index in [1.54, 1.807) is 6.07 Å². The zero-order valence-corrected chi connectivity index (χ0v) is 14.4. The van der Waals surface area contributed by atoms with Crippen LogP contribution in [-0.2, 0) is 0 Å². The second kappa shape index (κ2) is 7.43. The van der Waals surface area contributed by atoms with Crippen molar-refractivity contribution in [2.75, 3.05) is 18.4 Å². The molecule has 1 saturated heterocycles. The van der Waals surface area contributed by atoms with Crippen molar-refractivity contribution in [3.05, 3.63) is 47.4 Å². The molecule has 5 nitrogen and oxygen atoms in total. The highest BCUT2D eigenvalue weighted by Crippen LogP contribution is 2.18. The Balaban J connectivity index is 1.81. The third kappa shape index (κ3) is 4.10. The molecule has 126 valence electrons. The highest BCUT2D eigenvalue weighted by molar-refractivity contribution is 5.93. The molecule has 0 bridgehead atoms. The van der Waals surface area contributed by atoms with Crippen molar-refractivity contribution in [1.82, 2.24) is 14.9 Å². The smallest absolute Gasteiger partial charge is 0.272 e. The average molecular weight is 324 g/mol. The van der Waals surface area contributed by atoms with Gasteiger partial charge in [0, 0.05) is 24.8 Å². The molecule has 1 aromatic carbocycles. The van der Waals surface area contributed by atoms with E-state index >= 15 is 0 Å². The summed E-state index contributed by atoms with van der Waals surface area (Å²) in [5, 5.41) is 3.27. The van der Waals surface area contributed by atoms with Crippen LogP contribution < -0.4 is 5.32 Å². The van der Waals surface area contributed by atoms with E-state index in [0.717, 1.165) is 31.6 Å². The fourth-order valence-corrected chi connectivity index (χ4v) is 3.05. The van der Waals surface area contributed by atoms with Crippen molar-refractivity contribution in [2.24, 2.45) is 0 Å². The lowest BCUT2D eigenvalue weighted by Crippen LogP contribution is -2.32. The zero-order valence-electron chi connectivity index (χ0n) is 14.4. The Morgan fingerprint density at radius 3 is 2.50 bits per heavy atom. The fraction of sp³-hybridized carbons (Fsp3) is 0.421. The Labute approximate surface area is 143 Å². The molecule has 0 aliphatic carbocycles. The highest BCUT2D eigenvalue weighted by Gasteiger charge is 2.19. The number of hydrogen-bond donors (Lipinski definition) is 1. The molecule has 1 aromatic heterocycles. The van der Waals surface area contributed by atoms with Crippen LogP contribution in [0.15, 0.2) is 30.3 Å². The van der Waals surface area contributed by atoms with Crippen molar-refractivity contribution in [2.45, 2.75) is 39.5 Å². The third-order valence-corrected chi connectivity index (χ3v) is 4.24. The van der Waals surface area contributed by atoms with Crippen LogP contribution in [0.3, 0.4) is 0 Å². The quantitative estimate of drug-likeness (QED) is 0.931. The number of benzene rings is 1. The van der Waals surface area contributed by atoms with Crippen molar-refractivity contribution < 1.29 is 4.79 Å². The molecule has 1 aliphatic rings. The summed E-state index contributed by atoms with van der Waals surface area (Å²) in [6, 6.07) is 9.83. The number of likely N-dealkylation sites (tertiary alicyclic amines) is 1. The van der Waals surface area contributed by atoms with Crippen molar-refractivity contribution in [3.63, 3.8) is 0 Å². The Bertz CT molecular complexity index is 721. The molecule has 5 heteroatoms. The fourth-order valence-electron chi connectivity index (χ4n) is 3.05. The van der Waals surface area contributed by atoms with E-state index in [9.17, 15) is 4.79 Å². The van der Waals surface area contributed by atoms with E-state index in [4.69, 9.17) is 0 Å². The van der Waals surface area contributed by atoms with Crippen LogP contribution in [0.5, 0.6) is 0 Å². The lowest BCUT2D eigenvalue weighted by molar-refractivity contribution is 0.0755. The van der Waals surface area contributed by atoms with Crippen molar-refractivity contribution in [1.29, 1.82) is 0 Å². The first-order valence-electron chi connectivity index (χ1n) is 8.60. The maximum Gasteiger partial charge on any atom is 0.272 e. The number of carbonyl (C=O) groups is 1. The highest BCUT2D eigenvalue weighted by atomic mass is 16.2. The lowest BCUT2D eigenvalue weighted by atomic mass is 10.2. The molecular formula is C19H24N4O. The summed E-state index contributed by atoms with van der Waals surface area (Å²) < 4.78 is 0. The zero-order chi connectivity index (χ0) is 16.9. The third-order valence-electron chi connectivity index (χ3n) is 4.24. The number of nitrogens with one attached hydrogen (secondary N) is 1. The molecule has 0 saturated carbocycles. The molecule has 1 fully saturated rings. The summed E-state index contributed by atoms with van der Waals surface area (Å²) in [5.74, 6) is 1.27. The summed E-state index contributed by atoms with van der Waals surface area (Å²) in [5.41, 5.74) is 2.60. The van der Waals surface area contributed by atoms with Gasteiger partial charge in [0.1, 0.15) is 17.3 Å². The minimum Gasteiger partial charge on any atom is -0.340 e. The van der Waals surface area contributed by atoms with Gasteiger partial charge in [-0.3, -0.25) is 4.79 Å². The summed E-state index contributed by atoms with van der Waals surface area (Å²) in [6.07, 6.45) is 4.55. The second-order valence-corrected chi connectivity index (χ2v) is 6.39. The molecule has 24 heavy (non-hydrogen) atoms. The predicted octanol–water partition coefficient (Wildman–Crippen LogP) is 3.85. The summed E-state index contributed by atoms with van der Waals surface area (Å²) in [4.78, 5) is 23.5. The van der Waals surface area contributed by atoms with E-state index in [1.807, 2.05) is 43.0 Å². The van der Waals surface area contributed by atoms with Gasteiger partial charge in [-0.25, -0.2) is 9.97 Å². The Morgan fingerprint density at radius 1 is 1.04 bits per heavy atom. The van der Waals surface area contributed by atoms with Gasteiger partial charge < -0.3 is 10.2 Å². The normalized spacial score (nSPS) is 15.0. The first kappa shape index (κ1) is 16.4. The summed E-state index contributed by atoms with van der Waals surface area (Å²) >= 11 is 0. The molecule has 0 radical (unpaired) electrons. The number of anilines is 2. The van der Waals surface area contributed by atoms with Gasteiger partial charge in [-0.15, -0.1) is 0 Å². The van der Waals surface area contributed by atoms with Crippen molar-refractivity contribution in [3.8, 4) is 0 Å². The summed E-state index contributed by atoms with van der Waals surface area (Å²) in [7, 11) is 0. The minimum absolute atomic E-state index is 0.00897. The van der Waals surface area contributed by atoms with E-state index in [0.29, 0.717) is 17.3 Å². The van der Waals surface area contributed by atoms with Crippen LogP contribution in [0.25, 0.3) is 0 Å². The Kier molecular flexibility index (Phi) is 5.08. The second-order valence-electron chi connectivity index (χ2n) is 6.39. The van der Waals surface area contributed by atoms with Gasteiger partial charge in [0.15, 0.2) is 0 Å². The molecular weight excluding hydrogens is 300 g/mol. The molecule has 3 rings (SSSR count). The maximum atomic E-state index is 12.8. The first-order chi connectivity index (χ1) is 11.6. The SMILES string of the molecule is Cc1cccc(Nc2cc(C(=O)N3CCCCCC3)nc(C)n2)c1. The van der Waals surface area contributed by atoms with Gasteiger partial charge in [0.25, 0.3) is 5.91 Å². The largest absolute Gasteiger partial charge is 0.340 e. The molecule has 1 amide bonds. The van der Waals surface area contributed by atoms with E-state index in [2.05, 4.69) is 15.3 Å². The van der Waals surface area contributed by atoms with Crippen LogP contribution in [0.4, 0.5) is 11.5 Å². The first-order valence-corrected chi connectivity index (χ1v) is 8.60. The van der Waals surface area contributed by atoms with Gasteiger partial charge in [-0.1, -0.05) is 25.0 Å². The molecule has 0 atom stereocenters. The number of hydrogen-bond acceptors (Lipinski definition) is 4. The number of carbonyl (C=O) groups excluding carboxylic acids is 1. The monoisotopic (exact) mass is 324 g/mol. The van der Waals surface area contributed by atoms with E-state index in [-0.39, 0.29) is 5.91 Å². The molecule has 1 N–H and O–H groups in total. The van der Waals surface area contributed by atoms with Crippen LogP contribution in [0.1, 0.15) is 47.6 Å². The van der Waals surface area contributed by atoms with Gasteiger partial charge in [0.2, 0.25) is 0 Å². The van der Waals surface area contributed by atoms with Crippen LogP contribution in [0.2, 0.25) is 0 Å². The molecule has 2 heterocycles. The Hall–Kier alpha value is -2.43. The van der Waals surface area contributed by atoms with Crippen LogP contribution >= 0.6 is 0 Å². The average Bonchev–Trinajstić information content (AvgIpc) is 2.83. The number of amides is 1.